The predicted molar refractivity (Wildman–Crippen MR) is 193 cm³/mol. The average molecular weight is 699 g/mol. The summed E-state index contributed by atoms with van der Waals surface area (Å²) in [4.78, 5) is 41.0. The molecule has 3 fully saturated rings. The van der Waals surface area contributed by atoms with Crippen molar-refractivity contribution in [3.63, 3.8) is 0 Å². The van der Waals surface area contributed by atoms with Gasteiger partial charge in [0.2, 0.25) is 0 Å². The molecule has 5 N–H and O–H groups in total. The summed E-state index contributed by atoms with van der Waals surface area (Å²) in [5, 5.41) is 58.0. The molecule has 274 valence electrons. The maximum absolute atomic E-state index is 15.5. The molecule has 0 aromatic heterocycles. The Hall–Kier alpha value is -3.33. The summed E-state index contributed by atoms with van der Waals surface area (Å²) in [6.45, 7) is 11.5. The summed E-state index contributed by atoms with van der Waals surface area (Å²) in [5.74, 6) is -3.75. The first kappa shape index (κ1) is 36.0. The van der Waals surface area contributed by atoms with E-state index in [-0.39, 0.29) is 35.4 Å². The Bertz CT molecular complexity index is 1800. The molecule has 6 aliphatic carbocycles. The van der Waals surface area contributed by atoms with E-state index in [1.807, 2.05) is 63.3 Å². The smallest absolute Gasteiger partial charge is 0.334 e. The number of carbonyl (C=O) groups is 3. The number of aliphatic hydroxyl groups is 4. The Morgan fingerprint density at radius 2 is 1.65 bits per heavy atom. The van der Waals surface area contributed by atoms with Crippen LogP contribution in [-0.2, 0) is 14.4 Å². The zero-order valence-electron chi connectivity index (χ0n) is 30.8. The van der Waals surface area contributed by atoms with Crippen molar-refractivity contribution in [1.82, 2.24) is 0 Å². The van der Waals surface area contributed by atoms with Gasteiger partial charge in [-0.1, -0.05) is 102 Å². The first-order valence-corrected chi connectivity index (χ1v) is 18.8. The van der Waals surface area contributed by atoms with E-state index in [0.29, 0.717) is 43.3 Å². The number of aliphatic hydroxyl groups excluding tert-OH is 2. The lowest BCUT2D eigenvalue weighted by Crippen LogP contribution is -2.71. The van der Waals surface area contributed by atoms with Crippen LogP contribution in [0.2, 0.25) is 0 Å². The van der Waals surface area contributed by atoms with Gasteiger partial charge in [0.05, 0.1) is 11.2 Å². The maximum atomic E-state index is 15.5. The third-order valence-electron chi connectivity index (χ3n) is 15.5. The summed E-state index contributed by atoms with van der Waals surface area (Å²) in [6.07, 6.45) is 10.1. The molecule has 0 radical (unpaired) electrons. The molecule has 8 heteroatoms. The van der Waals surface area contributed by atoms with Crippen molar-refractivity contribution < 1.29 is 39.9 Å². The van der Waals surface area contributed by atoms with Crippen LogP contribution >= 0.6 is 0 Å². The number of ketones is 2. The highest BCUT2D eigenvalue weighted by Crippen LogP contribution is 2.80. The van der Waals surface area contributed by atoms with Crippen LogP contribution in [-0.4, -0.2) is 60.4 Å². The number of Topliss-reactive ketones (excluding diaryl/α,β-unsaturated/α-hetero) is 2. The quantitative estimate of drug-likeness (QED) is 0.124. The lowest BCUT2D eigenvalue weighted by atomic mass is 9.34. The van der Waals surface area contributed by atoms with E-state index in [4.69, 9.17) is 0 Å². The topological polar surface area (TPSA) is 152 Å². The molecule has 0 amide bonds. The minimum atomic E-state index is -1.67. The largest absolute Gasteiger partial charge is 0.509 e. The van der Waals surface area contributed by atoms with Gasteiger partial charge in [-0.3, -0.25) is 9.59 Å². The van der Waals surface area contributed by atoms with Gasteiger partial charge >= 0.3 is 5.97 Å². The second kappa shape index (κ2) is 11.6. The van der Waals surface area contributed by atoms with Crippen molar-refractivity contribution in [2.24, 2.45) is 51.2 Å². The van der Waals surface area contributed by atoms with E-state index in [2.05, 4.69) is 13.8 Å². The fraction of sp³-hybridized carbons (Fsp3) is 0.605. The van der Waals surface area contributed by atoms with E-state index >= 15 is 4.79 Å². The molecule has 0 unspecified atom stereocenters. The molecule has 0 heterocycles. The van der Waals surface area contributed by atoms with Gasteiger partial charge in [0.25, 0.3) is 0 Å². The number of hydrogen-bond donors (Lipinski definition) is 5. The Morgan fingerprint density at radius 3 is 2.31 bits per heavy atom. The van der Waals surface area contributed by atoms with Gasteiger partial charge in [-0.2, -0.15) is 0 Å². The van der Waals surface area contributed by atoms with Crippen LogP contribution in [0.15, 0.2) is 71.0 Å². The van der Waals surface area contributed by atoms with E-state index in [1.165, 1.54) is 6.92 Å². The number of rotatable bonds is 6. The maximum Gasteiger partial charge on any atom is 0.334 e. The van der Waals surface area contributed by atoms with Crippen LogP contribution in [0.5, 0.6) is 0 Å². The number of carboxylic acid groups (broad SMARTS) is 1. The van der Waals surface area contributed by atoms with E-state index in [9.17, 15) is 35.1 Å². The van der Waals surface area contributed by atoms with Crippen molar-refractivity contribution in [3.8, 4) is 0 Å². The number of carboxylic acids is 1. The average Bonchev–Trinajstić information content (AvgIpc) is 3.26. The van der Waals surface area contributed by atoms with Gasteiger partial charge in [-0.05, 0) is 73.0 Å². The molecule has 7 rings (SSSR count). The first-order valence-electron chi connectivity index (χ1n) is 18.8. The number of carbonyl (C=O) groups excluding carboxylic acids is 2. The van der Waals surface area contributed by atoms with Crippen molar-refractivity contribution >= 4 is 23.6 Å². The van der Waals surface area contributed by atoms with Gasteiger partial charge in [0.1, 0.15) is 23.2 Å². The zero-order valence-corrected chi connectivity index (χ0v) is 30.8. The monoisotopic (exact) mass is 698 g/mol. The number of aliphatic carboxylic acids is 1. The summed E-state index contributed by atoms with van der Waals surface area (Å²) in [7, 11) is 0. The Morgan fingerprint density at radius 1 is 0.980 bits per heavy atom. The minimum absolute atomic E-state index is 0.00162. The molecule has 0 aliphatic heterocycles. The minimum Gasteiger partial charge on any atom is -0.509 e. The van der Waals surface area contributed by atoms with Crippen LogP contribution < -0.4 is 0 Å². The van der Waals surface area contributed by atoms with Crippen LogP contribution in [0.3, 0.4) is 0 Å². The molecular weight excluding hydrogens is 644 g/mol. The van der Waals surface area contributed by atoms with Crippen LogP contribution in [0.4, 0.5) is 0 Å². The lowest BCUT2D eigenvalue weighted by Gasteiger charge is -2.69. The SMILES string of the molecule is C/C(C(=O)O)=C(/O)[C@@H](O)C[C@H]1CCCC[C@@H]2C(=O)C3=C4[C@@]5(C)[C@@]2(C)[C@@H]1C[C@@]5(O)C=C[C@@]4(O)[C@@H](/C=C/c1ccccc1)[C@@H]1C(C)(C)C(=O)CC[C@]31C. The number of allylic oxidation sites excluding steroid dienone is 1. The lowest BCUT2D eigenvalue weighted by molar-refractivity contribution is -0.170. The van der Waals surface area contributed by atoms with Gasteiger partial charge in [-0.25, -0.2) is 4.79 Å². The first-order chi connectivity index (χ1) is 23.8. The second-order valence-corrected chi connectivity index (χ2v) is 17.9. The van der Waals surface area contributed by atoms with Gasteiger partial charge in [0.15, 0.2) is 5.78 Å². The van der Waals surface area contributed by atoms with Crippen LogP contribution in [0.1, 0.15) is 98.5 Å². The summed E-state index contributed by atoms with van der Waals surface area (Å²) in [5.41, 5.74) is -4.81. The van der Waals surface area contributed by atoms with Gasteiger partial charge < -0.3 is 25.5 Å². The Balaban J connectivity index is 1.47. The number of benzene rings is 1. The number of fused-ring (bicyclic) bond motifs is 2. The molecule has 8 nitrogen and oxygen atoms in total. The Kier molecular flexibility index (Phi) is 8.19. The molecule has 0 spiro atoms. The summed E-state index contributed by atoms with van der Waals surface area (Å²) >= 11 is 0. The molecule has 11 atom stereocenters. The molecule has 51 heavy (non-hydrogen) atoms. The molecule has 0 bridgehead atoms. The fourth-order valence-electron chi connectivity index (χ4n) is 12.9. The molecule has 6 aliphatic rings. The zero-order chi connectivity index (χ0) is 37.1. The highest BCUT2D eigenvalue weighted by atomic mass is 16.4. The molecule has 3 saturated carbocycles. The predicted octanol–water partition coefficient (Wildman–Crippen LogP) is 6.76. The summed E-state index contributed by atoms with van der Waals surface area (Å²) in [6, 6.07) is 9.84. The third-order valence-corrected chi connectivity index (χ3v) is 15.5. The third kappa shape index (κ3) is 4.58. The van der Waals surface area contributed by atoms with Crippen molar-refractivity contribution in [2.75, 3.05) is 0 Å². The molecule has 1 aromatic rings. The molecular formula is C43H54O8. The standard InChI is InChI=1S/C43H54O8/c1-24(37(48)49)33(46)30(44)22-26-14-10-11-15-27-34(47)32-36-41(6)40(27,5)29(26)23-42(41,50)20-21-43(36,51)28(17-16-25-12-8-7-9-13-25)35-38(2,3)31(45)18-19-39(32,35)4/h7-9,12-13,16-17,20-21,26-30,35,44,46,50-51H,10-11,14-15,18-19,22-23H2,1-6H3,(H,48,49)/b17-16+,33-24-/t26-,27-,28+,29-,30+,35-,39-,40-,41+,42+,43-/m1/s1. The highest BCUT2D eigenvalue weighted by molar-refractivity contribution is 6.03. The fourth-order valence-corrected chi connectivity index (χ4v) is 12.9. The van der Waals surface area contributed by atoms with Crippen LogP contribution in [0.25, 0.3) is 6.08 Å². The van der Waals surface area contributed by atoms with Gasteiger partial charge in [-0.15, -0.1) is 0 Å². The second-order valence-electron chi connectivity index (χ2n) is 17.9. The Labute approximate surface area is 301 Å². The normalized spacial score (nSPS) is 43.6. The van der Waals surface area contributed by atoms with Crippen molar-refractivity contribution in [1.29, 1.82) is 0 Å². The number of hydrogen-bond acceptors (Lipinski definition) is 7. The van der Waals surface area contributed by atoms with Crippen molar-refractivity contribution in [2.45, 2.75) is 110 Å². The molecule has 1 aromatic carbocycles. The highest BCUT2D eigenvalue weighted by Gasteiger charge is 2.80. The van der Waals surface area contributed by atoms with Gasteiger partial charge in [0, 0.05) is 40.1 Å². The van der Waals surface area contributed by atoms with Crippen molar-refractivity contribution in [3.05, 3.63) is 76.6 Å². The summed E-state index contributed by atoms with van der Waals surface area (Å²) < 4.78 is 0. The molecule has 0 saturated heterocycles. The van der Waals surface area contributed by atoms with E-state index in [1.54, 1.807) is 12.2 Å². The van der Waals surface area contributed by atoms with E-state index in [0.717, 1.165) is 18.4 Å². The van der Waals surface area contributed by atoms with Crippen LogP contribution in [0, 0.1) is 51.2 Å². The van der Waals surface area contributed by atoms with E-state index < -0.39 is 68.4 Å².